The quantitative estimate of drug-likeness (QED) is 0.590. The third kappa shape index (κ3) is 1.51. The van der Waals surface area contributed by atoms with Crippen LogP contribution in [-0.4, -0.2) is 50.8 Å². The smallest absolute Gasteiger partial charge is 0.292 e. The van der Waals surface area contributed by atoms with Gasteiger partial charge in [-0.15, -0.1) is 0 Å². The fourth-order valence-electron chi connectivity index (χ4n) is 3.68. The highest BCUT2D eigenvalue weighted by atomic mass is 16.7. The third-order valence-corrected chi connectivity index (χ3v) is 4.73. The van der Waals surface area contributed by atoms with Gasteiger partial charge >= 0.3 is 0 Å². The van der Waals surface area contributed by atoms with Gasteiger partial charge in [-0.25, -0.2) is 4.99 Å². The summed E-state index contributed by atoms with van der Waals surface area (Å²) in [6.45, 7) is 1.83. The maximum Gasteiger partial charge on any atom is 0.292 e. The Kier molecular flexibility index (Phi) is 3.64. The number of fused-ring (bicyclic) bond motifs is 1. The van der Waals surface area contributed by atoms with Crippen molar-refractivity contribution in [1.82, 2.24) is 5.01 Å². The number of nitrogens with zero attached hydrogens (tertiary/aromatic N) is 5. The Bertz CT molecular complexity index is 624. The Hall–Kier alpha value is -2.16. The topological polar surface area (TPSA) is 120 Å². The molecule has 3 unspecified atom stereocenters. The molecule has 1 heterocycles. The van der Waals surface area contributed by atoms with Crippen molar-refractivity contribution >= 4 is 11.5 Å². The molecule has 2 rings (SSSR count). The Labute approximate surface area is 129 Å². The summed E-state index contributed by atoms with van der Waals surface area (Å²) in [5.74, 6) is -1.94. The van der Waals surface area contributed by atoms with Crippen LogP contribution in [0.5, 0.6) is 0 Å². The summed E-state index contributed by atoms with van der Waals surface area (Å²) >= 11 is 0. The van der Waals surface area contributed by atoms with E-state index in [-0.39, 0.29) is 18.2 Å². The number of nitriles is 2. The second-order valence-electron chi connectivity index (χ2n) is 5.76. The Balaban J connectivity index is 2.78. The molecule has 8 nitrogen and oxygen atoms in total. The van der Waals surface area contributed by atoms with Crippen LogP contribution in [0.25, 0.3) is 0 Å². The van der Waals surface area contributed by atoms with Crippen molar-refractivity contribution < 1.29 is 9.47 Å². The van der Waals surface area contributed by atoms with Gasteiger partial charge in [-0.05, 0) is 0 Å². The number of hydrogen-bond acceptors (Lipinski definition) is 8. The first-order valence-electron chi connectivity index (χ1n) is 6.84. The van der Waals surface area contributed by atoms with E-state index in [0.717, 1.165) is 0 Å². The first-order valence-corrected chi connectivity index (χ1v) is 6.84. The fraction of sp³-hybridized carbons (Fsp3) is 0.714. The molecule has 118 valence electrons. The van der Waals surface area contributed by atoms with Crippen LogP contribution in [0, 0.1) is 39.4 Å². The van der Waals surface area contributed by atoms with Crippen LogP contribution < -0.4 is 5.73 Å². The summed E-state index contributed by atoms with van der Waals surface area (Å²) in [6.07, 6.45) is 0.197. The molecular formula is C14H20N6O2. The molecule has 1 aliphatic heterocycles. The molecule has 0 saturated heterocycles. The number of ether oxygens (including phenoxy) is 2. The Morgan fingerprint density at radius 1 is 1.32 bits per heavy atom. The zero-order valence-electron chi connectivity index (χ0n) is 13.4. The number of hydrazone groups is 1. The molecule has 0 amide bonds. The predicted octanol–water partition coefficient (Wildman–Crippen LogP) is 0.281. The van der Waals surface area contributed by atoms with Gasteiger partial charge < -0.3 is 20.2 Å². The van der Waals surface area contributed by atoms with E-state index in [1.807, 2.05) is 6.92 Å². The number of aliphatic imine (C=N–C) groups is 1. The number of hydrogen-bond donors (Lipinski definition) is 1. The van der Waals surface area contributed by atoms with Crippen molar-refractivity contribution in [3.63, 3.8) is 0 Å². The lowest BCUT2D eigenvalue weighted by Crippen LogP contribution is -2.54. The van der Waals surface area contributed by atoms with Gasteiger partial charge in [0.05, 0.1) is 12.1 Å². The van der Waals surface area contributed by atoms with E-state index in [9.17, 15) is 10.5 Å². The van der Waals surface area contributed by atoms with E-state index in [4.69, 9.17) is 15.2 Å². The second kappa shape index (κ2) is 4.94. The lowest BCUT2D eigenvalue weighted by atomic mass is 9.63. The monoisotopic (exact) mass is 304 g/mol. The minimum atomic E-state index is -1.61. The molecule has 1 saturated carbocycles. The lowest BCUT2D eigenvalue weighted by molar-refractivity contribution is -0.256. The van der Waals surface area contributed by atoms with Crippen molar-refractivity contribution in [3.05, 3.63) is 0 Å². The minimum absolute atomic E-state index is 0.0525. The van der Waals surface area contributed by atoms with Gasteiger partial charge in [0.1, 0.15) is 11.3 Å². The molecule has 0 aromatic carbocycles. The molecule has 0 aromatic rings. The van der Waals surface area contributed by atoms with Gasteiger partial charge in [0.2, 0.25) is 0 Å². The summed E-state index contributed by atoms with van der Waals surface area (Å²) in [4.78, 5) is 4.23. The van der Waals surface area contributed by atoms with Gasteiger partial charge in [0.15, 0.2) is 5.41 Å². The molecule has 0 aromatic heterocycles. The average Bonchev–Trinajstić information content (AvgIpc) is 2.86. The maximum atomic E-state index is 9.95. The van der Waals surface area contributed by atoms with E-state index in [1.165, 1.54) is 14.2 Å². The van der Waals surface area contributed by atoms with Gasteiger partial charge in [0, 0.05) is 46.4 Å². The minimum Gasteiger partial charge on any atom is -0.386 e. The largest absolute Gasteiger partial charge is 0.386 e. The SMILES string of the molecule is COC1(OC)N=C(N)C2(C#N)C(C)/C(=N/N(C)C)CC12C#N. The van der Waals surface area contributed by atoms with Crippen molar-refractivity contribution in [2.75, 3.05) is 28.3 Å². The lowest BCUT2D eigenvalue weighted by Gasteiger charge is -2.39. The first kappa shape index (κ1) is 16.2. The van der Waals surface area contributed by atoms with E-state index in [2.05, 4.69) is 22.2 Å². The molecule has 2 N–H and O–H groups in total. The molecule has 1 aliphatic carbocycles. The van der Waals surface area contributed by atoms with E-state index in [1.54, 1.807) is 19.1 Å². The summed E-state index contributed by atoms with van der Waals surface area (Å²) in [5.41, 5.74) is 4.07. The highest BCUT2D eigenvalue weighted by Crippen LogP contribution is 2.64. The van der Waals surface area contributed by atoms with E-state index >= 15 is 0 Å². The van der Waals surface area contributed by atoms with E-state index < -0.39 is 16.7 Å². The van der Waals surface area contributed by atoms with Gasteiger partial charge in [-0.1, -0.05) is 6.92 Å². The van der Waals surface area contributed by atoms with Crippen molar-refractivity contribution in [3.8, 4) is 12.1 Å². The van der Waals surface area contributed by atoms with E-state index in [0.29, 0.717) is 5.71 Å². The zero-order valence-corrected chi connectivity index (χ0v) is 13.4. The number of nitrogens with two attached hydrogens (primary N) is 1. The summed E-state index contributed by atoms with van der Waals surface area (Å²) in [6, 6.07) is 4.44. The van der Waals surface area contributed by atoms with Crippen LogP contribution in [0.15, 0.2) is 10.1 Å². The normalized spacial score (nSPS) is 37.3. The summed E-state index contributed by atoms with van der Waals surface area (Å²) < 4.78 is 10.8. The van der Waals surface area contributed by atoms with Gasteiger partial charge in [-0.2, -0.15) is 15.6 Å². The Morgan fingerprint density at radius 2 is 1.91 bits per heavy atom. The molecule has 22 heavy (non-hydrogen) atoms. The second-order valence-corrected chi connectivity index (χ2v) is 5.76. The highest BCUT2D eigenvalue weighted by Gasteiger charge is 2.79. The van der Waals surface area contributed by atoms with Crippen LogP contribution >= 0.6 is 0 Å². The number of methoxy groups -OCH3 is 2. The standard InChI is InChI=1S/C14H20N6O2/c1-9-10(19-20(2)3)6-12(7-15)13(9,8-16)11(17)18-14(12,21-4)22-5/h9H,6H2,1-5H3,(H2,17,18)/b19-10+. The predicted molar refractivity (Wildman–Crippen MR) is 79.4 cm³/mol. The molecule has 0 radical (unpaired) electrons. The van der Waals surface area contributed by atoms with Crippen molar-refractivity contribution in [2.45, 2.75) is 19.3 Å². The summed E-state index contributed by atoms with van der Waals surface area (Å²) in [7, 11) is 6.34. The van der Waals surface area contributed by atoms with Crippen LogP contribution in [0.1, 0.15) is 13.3 Å². The van der Waals surface area contributed by atoms with Crippen molar-refractivity contribution in [1.29, 1.82) is 10.5 Å². The fourth-order valence-corrected chi connectivity index (χ4v) is 3.68. The molecular weight excluding hydrogens is 284 g/mol. The molecule has 8 heteroatoms. The van der Waals surface area contributed by atoms with Gasteiger partial charge in [0.25, 0.3) is 5.91 Å². The molecule has 0 spiro atoms. The maximum absolute atomic E-state index is 9.95. The van der Waals surface area contributed by atoms with Gasteiger partial charge in [-0.3, -0.25) is 0 Å². The third-order valence-electron chi connectivity index (χ3n) is 4.73. The first-order chi connectivity index (χ1) is 10.3. The number of amidine groups is 1. The Morgan fingerprint density at radius 3 is 2.32 bits per heavy atom. The van der Waals surface area contributed by atoms with Crippen LogP contribution in [0.4, 0.5) is 0 Å². The number of rotatable bonds is 3. The van der Waals surface area contributed by atoms with Crippen LogP contribution in [0.3, 0.4) is 0 Å². The highest BCUT2D eigenvalue weighted by molar-refractivity contribution is 6.05. The van der Waals surface area contributed by atoms with Crippen LogP contribution in [-0.2, 0) is 9.47 Å². The summed E-state index contributed by atoms with van der Waals surface area (Å²) in [5, 5.41) is 25.9. The molecule has 2 aliphatic rings. The zero-order chi connectivity index (χ0) is 16.8. The molecule has 1 fully saturated rings. The van der Waals surface area contributed by atoms with Crippen LogP contribution in [0.2, 0.25) is 0 Å². The molecule has 0 bridgehead atoms. The average molecular weight is 304 g/mol. The van der Waals surface area contributed by atoms with Crippen molar-refractivity contribution in [2.24, 2.45) is 32.6 Å². The molecule has 3 atom stereocenters.